The van der Waals surface area contributed by atoms with Crippen molar-refractivity contribution in [3.05, 3.63) is 48.6 Å². The summed E-state index contributed by atoms with van der Waals surface area (Å²) in [4.78, 5) is 24.6. The smallest absolute Gasteiger partial charge is 0.305 e. The molecule has 494 valence electrons. The van der Waals surface area contributed by atoms with Crippen LogP contribution >= 0.6 is 0 Å². The first kappa shape index (κ1) is 81.8. The molecule has 0 aromatic rings. The van der Waals surface area contributed by atoms with Crippen LogP contribution in [0.4, 0.5) is 0 Å². The van der Waals surface area contributed by atoms with Gasteiger partial charge in [-0.05, 0) is 89.9 Å². The lowest BCUT2D eigenvalue weighted by atomic mass is 10.0. The Morgan fingerprint density at radius 2 is 0.595 bits per heavy atom. The first-order valence-corrected chi connectivity index (χ1v) is 37.9. The number of hydrogen-bond donors (Lipinski definition) is 3. The largest absolute Gasteiger partial charge is 0.466 e. The second-order valence-electron chi connectivity index (χ2n) is 26.0. The van der Waals surface area contributed by atoms with Crippen molar-refractivity contribution in [3.63, 3.8) is 0 Å². The van der Waals surface area contributed by atoms with Gasteiger partial charge in [-0.3, -0.25) is 9.59 Å². The third-order valence-corrected chi connectivity index (χ3v) is 17.6. The summed E-state index contributed by atoms with van der Waals surface area (Å²) in [6.07, 6.45) is 96.4. The zero-order valence-electron chi connectivity index (χ0n) is 56.6. The number of amides is 1. The molecule has 0 saturated heterocycles. The number of aliphatic hydroxyl groups excluding tert-OH is 2. The topological polar surface area (TPSA) is 95.9 Å². The molecule has 84 heavy (non-hydrogen) atoms. The molecule has 0 spiro atoms. The van der Waals surface area contributed by atoms with Gasteiger partial charge >= 0.3 is 5.97 Å². The highest BCUT2D eigenvalue weighted by molar-refractivity contribution is 5.76. The number of ether oxygens (including phenoxy) is 1. The molecule has 0 aliphatic heterocycles. The van der Waals surface area contributed by atoms with E-state index in [1.807, 2.05) is 6.08 Å². The Balaban J connectivity index is 3.36. The molecule has 0 radical (unpaired) electrons. The molecule has 0 aliphatic carbocycles. The maximum absolute atomic E-state index is 12.5. The molecular weight excluding hydrogens is 1030 g/mol. The Morgan fingerprint density at radius 1 is 0.333 bits per heavy atom. The SMILES string of the molecule is CCCCC/C=C\C/C=C\CCCCCCCCCCCC(=O)OCCCCCCCCCCCCCC/C=C\CCCCCCCCCCCCCCCCCCC(=O)NC(CO)C(O)/C=C/CCCCCCCCCCCCCCCC. The van der Waals surface area contributed by atoms with E-state index in [4.69, 9.17) is 4.74 Å². The summed E-state index contributed by atoms with van der Waals surface area (Å²) >= 11 is 0. The van der Waals surface area contributed by atoms with Crippen LogP contribution in [0.25, 0.3) is 0 Å². The van der Waals surface area contributed by atoms with Crippen molar-refractivity contribution in [1.82, 2.24) is 5.32 Å². The van der Waals surface area contributed by atoms with Crippen LogP contribution in [0.5, 0.6) is 0 Å². The van der Waals surface area contributed by atoms with Crippen LogP contribution < -0.4 is 5.32 Å². The Morgan fingerprint density at radius 3 is 0.940 bits per heavy atom. The Bertz CT molecular complexity index is 1400. The van der Waals surface area contributed by atoms with Crippen molar-refractivity contribution in [2.24, 2.45) is 0 Å². The summed E-state index contributed by atoms with van der Waals surface area (Å²) in [5.41, 5.74) is 0. The summed E-state index contributed by atoms with van der Waals surface area (Å²) in [6, 6.07) is -0.626. The van der Waals surface area contributed by atoms with E-state index in [0.717, 1.165) is 51.4 Å². The first-order valence-electron chi connectivity index (χ1n) is 37.9. The predicted octanol–water partition coefficient (Wildman–Crippen LogP) is 24.8. The number of unbranched alkanes of at least 4 members (excludes halogenated alkanes) is 54. The molecule has 0 bridgehead atoms. The highest BCUT2D eigenvalue weighted by atomic mass is 16.5. The summed E-state index contributed by atoms with van der Waals surface area (Å²) < 4.78 is 5.51. The van der Waals surface area contributed by atoms with Gasteiger partial charge < -0.3 is 20.3 Å². The van der Waals surface area contributed by atoms with Gasteiger partial charge in [0.2, 0.25) is 5.91 Å². The third kappa shape index (κ3) is 68.9. The summed E-state index contributed by atoms with van der Waals surface area (Å²) in [5, 5.41) is 23.2. The van der Waals surface area contributed by atoms with Gasteiger partial charge in [-0.2, -0.15) is 0 Å². The summed E-state index contributed by atoms with van der Waals surface area (Å²) in [5.74, 6) is -0.0484. The molecular formula is C78H147NO5. The second-order valence-corrected chi connectivity index (χ2v) is 26.0. The van der Waals surface area contributed by atoms with Crippen LogP contribution in [0.1, 0.15) is 412 Å². The monoisotopic (exact) mass is 1180 g/mol. The highest BCUT2D eigenvalue weighted by Gasteiger charge is 2.18. The van der Waals surface area contributed by atoms with Crippen LogP contribution in [0.3, 0.4) is 0 Å². The van der Waals surface area contributed by atoms with Gasteiger partial charge in [0.15, 0.2) is 0 Å². The fourth-order valence-electron chi connectivity index (χ4n) is 11.8. The molecule has 0 fully saturated rings. The van der Waals surface area contributed by atoms with E-state index >= 15 is 0 Å². The first-order chi connectivity index (χ1) is 41.5. The zero-order chi connectivity index (χ0) is 60.6. The molecule has 1 amide bonds. The lowest BCUT2D eigenvalue weighted by Crippen LogP contribution is -2.45. The quantitative estimate of drug-likeness (QED) is 0.0320. The maximum atomic E-state index is 12.5. The number of nitrogens with one attached hydrogen (secondary N) is 1. The Hall–Kier alpha value is -2.18. The fourth-order valence-corrected chi connectivity index (χ4v) is 11.8. The number of esters is 1. The summed E-state index contributed by atoms with van der Waals surface area (Å²) in [6.45, 7) is 4.91. The third-order valence-electron chi connectivity index (χ3n) is 17.6. The van der Waals surface area contributed by atoms with Crippen molar-refractivity contribution < 1.29 is 24.5 Å². The van der Waals surface area contributed by atoms with Gasteiger partial charge in [-0.25, -0.2) is 0 Å². The Kier molecular flexibility index (Phi) is 71.4. The molecule has 0 rings (SSSR count). The average Bonchev–Trinajstić information content (AvgIpc) is 3.50. The van der Waals surface area contributed by atoms with Crippen LogP contribution in [-0.4, -0.2) is 47.4 Å². The minimum Gasteiger partial charge on any atom is -0.466 e. The van der Waals surface area contributed by atoms with Gasteiger partial charge in [0.05, 0.1) is 25.4 Å². The van der Waals surface area contributed by atoms with Crippen LogP contribution in [0.2, 0.25) is 0 Å². The van der Waals surface area contributed by atoms with Crippen molar-refractivity contribution in [2.75, 3.05) is 13.2 Å². The number of rotatable bonds is 71. The van der Waals surface area contributed by atoms with Gasteiger partial charge in [0.1, 0.15) is 0 Å². The highest BCUT2D eigenvalue weighted by Crippen LogP contribution is 2.19. The number of carbonyl (C=O) groups excluding carboxylic acids is 2. The van der Waals surface area contributed by atoms with E-state index in [-0.39, 0.29) is 18.5 Å². The fraction of sp³-hybridized carbons (Fsp3) is 0.872. The maximum Gasteiger partial charge on any atom is 0.305 e. The molecule has 0 aliphatic rings. The van der Waals surface area contributed by atoms with Gasteiger partial charge in [0, 0.05) is 12.8 Å². The van der Waals surface area contributed by atoms with Crippen LogP contribution in [0, 0.1) is 0 Å². The molecule has 0 aromatic heterocycles. The van der Waals surface area contributed by atoms with Crippen molar-refractivity contribution in [2.45, 2.75) is 424 Å². The molecule has 0 heterocycles. The normalized spacial score (nSPS) is 12.8. The molecule has 6 nitrogen and oxygen atoms in total. The molecule has 2 atom stereocenters. The number of carbonyl (C=O) groups is 2. The molecule has 6 heteroatoms. The summed E-state index contributed by atoms with van der Waals surface area (Å²) in [7, 11) is 0. The number of hydrogen-bond acceptors (Lipinski definition) is 5. The van der Waals surface area contributed by atoms with Gasteiger partial charge in [-0.15, -0.1) is 0 Å². The van der Waals surface area contributed by atoms with Crippen molar-refractivity contribution >= 4 is 11.9 Å². The standard InChI is InChI=1S/C78H147NO5/c1-3-5-7-9-11-13-15-17-19-21-36-40-44-48-52-56-60-64-68-72-78(83)84-73-69-65-61-57-53-49-45-41-38-35-33-31-29-27-25-23-22-24-26-28-30-32-34-37-39-43-47-51-55-59-63-67-71-77(82)79-75(74-80)76(81)70-66-62-58-54-50-46-42-20-18-16-14-12-10-8-6-4-2/h11,13,17,19,25,27,66,70,75-76,80-81H,3-10,12,14-16,18,20-24,26,28-65,67-69,71-74H2,1-2H3,(H,79,82)/b13-11-,19-17-,27-25-,70-66+. The van der Waals surface area contributed by atoms with Gasteiger partial charge in [0.25, 0.3) is 0 Å². The van der Waals surface area contributed by atoms with E-state index in [1.54, 1.807) is 6.08 Å². The second kappa shape index (κ2) is 73.3. The van der Waals surface area contributed by atoms with Crippen LogP contribution in [-0.2, 0) is 14.3 Å². The van der Waals surface area contributed by atoms with Gasteiger partial charge in [-0.1, -0.05) is 358 Å². The van der Waals surface area contributed by atoms with Crippen molar-refractivity contribution in [1.29, 1.82) is 0 Å². The van der Waals surface area contributed by atoms with Crippen LogP contribution in [0.15, 0.2) is 48.6 Å². The molecule has 3 N–H and O–H groups in total. The van der Waals surface area contributed by atoms with E-state index in [0.29, 0.717) is 19.4 Å². The molecule has 0 aromatic carbocycles. The number of allylic oxidation sites excluding steroid dienone is 7. The minimum absolute atomic E-state index is 0.0145. The average molecular weight is 1180 g/mol. The molecule has 2 unspecified atom stereocenters. The van der Waals surface area contributed by atoms with E-state index < -0.39 is 12.1 Å². The number of aliphatic hydroxyl groups is 2. The lowest BCUT2D eigenvalue weighted by molar-refractivity contribution is -0.143. The lowest BCUT2D eigenvalue weighted by Gasteiger charge is -2.20. The predicted molar refractivity (Wildman–Crippen MR) is 370 cm³/mol. The minimum atomic E-state index is -0.843. The zero-order valence-corrected chi connectivity index (χ0v) is 56.6. The van der Waals surface area contributed by atoms with Crippen molar-refractivity contribution in [3.8, 4) is 0 Å². The Labute approximate surface area is 525 Å². The van der Waals surface area contributed by atoms with E-state index in [9.17, 15) is 19.8 Å². The van der Waals surface area contributed by atoms with E-state index in [1.165, 1.54) is 334 Å². The molecule has 0 saturated carbocycles. The van der Waals surface area contributed by atoms with E-state index in [2.05, 4.69) is 55.6 Å².